The van der Waals surface area contributed by atoms with E-state index in [-0.39, 0.29) is 5.11 Å². The van der Waals surface area contributed by atoms with Gasteiger partial charge in [0.05, 0.1) is 0 Å². The van der Waals surface area contributed by atoms with Gasteiger partial charge >= 0.3 is 6.09 Å². The van der Waals surface area contributed by atoms with Crippen molar-refractivity contribution in [1.82, 2.24) is 10.6 Å². The number of amides is 1. The molecule has 0 atom stereocenters. The van der Waals surface area contributed by atoms with Crippen LogP contribution in [0.1, 0.15) is 32.1 Å². The van der Waals surface area contributed by atoms with Crippen molar-refractivity contribution in [2.24, 2.45) is 0 Å². The largest absolute Gasteiger partial charge is 0.465 e. The Labute approximate surface area is 82.7 Å². The summed E-state index contributed by atoms with van der Waals surface area (Å²) in [5, 5.41) is 13.7. The number of hydrogen-bond donors (Lipinski definition) is 3. The van der Waals surface area contributed by atoms with Crippen LogP contribution in [0.25, 0.3) is 0 Å². The molecule has 0 aromatic heterocycles. The molecule has 0 radical (unpaired) electrons. The maximum absolute atomic E-state index is 10.2. The summed E-state index contributed by atoms with van der Waals surface area (Å²) >= 11 is 4.81. The second-order valence-electron chi connectivity index (χ2n) is 3.24. The van der Waals surface area contributed by atoms with Crippen molar-refractivity contribution in [1.29, 1.82) is 0 Å². The second kappa shape index (κ2) is 5.01. The van der Waals surface area contributed by atoms with E-state index in [1.807, 2.05) is 0 Å². The van der Waals surface area contributed by atoms with E-state index in [0.29, 0.717) is 6.04 Å². The molecule has 13 heavy (non-hydrogen) atoms. The van der Waals surface area contributed by atoms with Gasteiger partial charge in [-0.05, 0) is 25.1 Å². The molecule has 1 rings (SSSR count). The van der Waals surface area contributed by atoms with Crippen molar-refractivity contribution in [2.75, 3.05) is 0 Å². The first-order chi connectivity index (χ1) is 6.18. The van der Waals surface area contributed by atoms with Crippen LogP contribution in [0, 0.1) is 0 Å². The maximum Gasteiger partial charge on any atom is 0.410 e. The second-order valence-corrected chi connectivity index (χ2v) is 3.65. The Hall–Kier alpha value is -0.840. The Kier molecular flexibility index (Phi) is 3.95. The normalized spacial score (nSPS) is 17.8. The van der Waals surface area contributed by atoms with Crippen LogP contribution in [0.15, 0.2) is 0 Å². The summed E-state index contributed by atoms with van der Waals surface area (Å²) in [6, 6.07) is 0.355. The third-order valence-electron chi connectivity index (χ3n) is 2.16. The highest BCUT2D eigenvalue weighted by molar-refractivity contribution is 7.80. The lowest BCUT2D eigenvalue weighted by Crippen LogP contribution is -2.44. The standard InChI is InChI=1S/C8H14N2O2S/c11-8(12)10-7(13)9-6-4-2-1-3-5-6/h6H,1-5H2,(H,11,12)(H2,9,10,13). The molecular weight excluding hydrogens is 188 g/mol. The third-order valence-corrected chi connectivity index (χ3v) is 2.38. The van der Waals surface area contributed by atoms with Gasteiger partial charge in [-0.3, -0.25) is 5.32 Å². The molecule has 0 saturated heterocycles. The average molecular weight is 202 g/mol. The summed E-state index contributed by atoms with van der Waals surface area (Å²) in [6.07, 6.45) is 4.74. The van der Waals surface area contributed by atoms with Gasteiger partial charge in [-0.25, -0.2) is 4.79 Å². The number of nitrogens with one attached hydrogen (secondary N) is 2. The number of thiocarbonyl (C=S) groups is 1. The zero-order valence-corrected chi connectivity index (χ0v) is 8.19. The summed E-state index contributed by atoms with van der Waals surface area (Å²) < 4.78 is 0. The lowest BCUT2D eigenvalue weighted by molar-refractivity contribution is 0.200. The summed E-state index contributed by atoms with van der Waals surface area (Å²) in [6.45, 7) is 0. The SMILES string of the molecule is O=C(O)NC(=S)NC1CCCCC1. The van der Waals surface area contributed by atoms with Gasteiger partial charge in [0.2, 0.25) is 0 Å². The number of rotatable bonds is 1. The molecule has 0 aliphatic heterocycles. The highest BCUT2D eigenvalue weighted by Crippen LogP contribution is 2.16. The van der Waals surface area contributed by atoms with Gasteiger partial charge < -0.3 is 10.4 Å². The predicted molar refractivity (Wildman–Crippen MR) is 53.8 cm³/mol. The van der Waals surface area contributed by atoms with E-state index in [9.17, 15) is 4.79 Å². The fourth-order valence-electron chi connectivity index (χ4n) is 1.57. The fraction of sp³-hybridized carbons (Fsp3) is 0.750. The Morgan fingerprint density at radius 2 is 1.92 bits per heavy atom. The lowest BCUT2D eigenvalue weighted by Gasteiger charge is -2.23. The van der Waals surface area contributed by atoms with Gasteiger partial charge in [0, 0.05) is 6.04 Å². The molecule has 5 heteroatoms. The van der Waals surface area contributed by atoms with Crippen LogP contribution in [0.5, 0.6) is 0 Å². The third kappa shape index (κ3) is 4.07. The first-order valence-electron chi connectivity index (χ1n) is 4.49. The summed E-state index contributed by atoms with van der Waals surface area (Å²) in [7, 11) is 0. The van der Waals surface area contributed by atoms with Crippen molar-refractivity contribution >= 4 is 23.4 Å². The highest BCUT2D eigenvalue weighted by Gasteiger charge is 2.14. The van der Waals surface area contributed by atoms with Crippen LogP contribution in [0.4, 0.5) is 4.79 Å². The van der Waals surface area contributed by atoms with E-state index in [0.717, 1.165) is 12.8 Å². The van der Waals surface area contributed by atoms with Crippen LogP contribution in [0.3, 0.4) is 0 Å². The van der Waals surface area contributed by atoms with E-state index in [4.69, 9.17) is 17.3 Å². The van der Waals surface area contributed by atoms with Crippen molar-refractivity contribution < 1.29 is 9.90 Å². The molecule has 1 aliphatic carbocycles. The van der Waals surface area contributed by atoms with E-state index < -0.39 is 6.09 Å². The van der Waals surface area contributed by atoms with Crippen LogP contribution >= 0.6 is 12.2 Å². The van der Waals surface area contributed by atoms with Gasteiger partial charge in [0.15, 0.2) is 5.11 Å². The maximum atomic E-state index is 10.2. The van der Waals surface area contributed by atoms with E-state index >= 15 is 0 Å². The fourth-order valence-corrected chi connectivity index (χ4v) is 1.82. The van der Waals surface area contributed by atoms with Crippen LogP contribution < -0.4 is 10.6 Å². The molecule has 4 nitrogen and oxygen atoms in total. The quantitative estimate of drug-likeness (QED) is 0.563. The zero-order chi connectivity index (χ0) is 9.68. The molecule has 0 unspecified atom stereocenters. The van der Waals surface area contributed by atoms with Crippen molar-refractivity contribution in [3.05, 3.63) is 0 Å². The van der Waals surface area contributed by atoms with Crippen LogP contribution in [-0.4, -0.2) is 22.4 Å². The van der Waals surface area contributed by atoms with E-state index in [1.165, 1.54) is 19.3 Å². The molecular formula is C8H14N2O2S. The molecule has 74 valence electrons. The first kappa shape index (κ1) is 10.2. The molecule has 0 heterocycles. The lowest BCUT2D eigenvalue weighted by atomic mass is 9.96. The number of hydrogen-bond acceptors (Lipinski definition) is 2. The van der Waals surface area contributed by atoms with Crippen molar-refractivity contribution in [2.45, 2.75) is 38.1 Å². The van der Waals surface area contributed by atoms with Crippen molar-refractivity contribution in [3.8, 4) is 0 Å². The van der Waals surface area contributed by atoms with Gasteiger partial charge in [-0.2, -0.15) is 0 Å². The van der Waals surface area contributed by atoms with E-state index in [2.05, 4.69) is 10.6 Å². The van der Waals surface area contributed by atoms with Gasteiger partial charge in [0.25, 0.3) is 0 Å². The van der Waals surface area contributed by atoms with Crippen LogP contribution in [-0.2, 0) is 0 Å². The molecule has 3 N–H and O–H groups in total. The molecule has 1 fully saturated rings. The number of carbonyl (C=O) groups is 1. The Bertz CT molecular complexity index is 202. The monoisotopic (exact) mass is 202 g/mol. The summed E-state index contributed by atoms with van der Waals surface area (Å²) in [4.78, 5) is 10.2. The Balaban J connectivity index is 2.22. The van der Waals surface area contributed by atoms with Crippen LogP contribution in [0.2, 0.25) is 0 Å². The molecule has 0 aromatic carbocycles. The molecule has 1 saturated carbocycles. The van der Waals surface area contributed by atoms with Gasteiger partial charge in [0.1, 0.15) is 0 Å². The minimum absolute atomic E-state index is 0.222. The predicted octanol–water partition coefficient (Wildman–Crippen LogP) is 1.46. The van der Waals surface area contributed by atoms with Crippen molar-refractivity contribution in [3.63, 3.8) is 0 Å². The molecule has 0 spiro atoms. The molecule has 1 aliphatic rings. The summed E-state index contributed by atoms with van der Waals surface area (Å²) in [5.41, 5.74) is 0. The molecule has 0 aromatic rings. The molecule has 0 bridgehead atoms. The summed E-state index contributed by atoms with van der Waals surface area (Å²) in [5.74, 6) is 0. The topological polar surface area (TPSA) is 61.4 Å². The van der Waals surface area contributed by atoms with Gasteiger partial charge in [-0.1, -0.05) is 19.3 Å². The minimum atomic E-state index is -1.10. The smallest absolute Gasteiger partial charge is 0.410 e. The molecule has 1 amide bonds. The Morgan fingerprint density at radius 3 is 2.46 bits per heavy atom. The Morgan fingerprint density at radius 1 is 1.31 bits per heavy atom. The zero-order valence-electron chi connectivity index (χ0n) is 7.38. The van der Waals surface area contributed by atoms with Gasteiger partial charge in [-0.15, -0.1) is 0 Å². The first-order valence-corrected chi connectivity index (χ1v) is 4.90. The van der Waals surface area contributed by atoms with E-state index in [1.54, 1.807) is 0 Å². The number of carboxylic acid groups (broad SMARTS) is 1. The average Bonchev–Trinajstić information content (AvgIpc) is 2.04. The minimum Gasteiger partial charge on any atom is -0.465 e. The highest BCUT2D eigenvalue weighted by atomic mass is 32.1.